The molecule has 0 radical (unpaired) electrons. The van der Waals surface area contributed by atoms with Crippen molar-refractivity contribution in [2.45, 2.75) is 24.2 Å². The standard InChI is InChI=1S/C23H20BrF3N2O4/c1-13(20(28)30)18-14(2)29(12-15-8-5-4-6-9-15)16-10-7-11-17(19(16)18)33-22(25,21(31)32-3)23(24,26)27/h4-11H,1,12H2,2-3H3,(H2,28,30). The molecule has 10 heteroatoms. The number of alkyl halides is 4. The van der Waals surface area contributed by atoms with Crippen molar-refractivity contribution in [1.82, 2.24) is 4.57 Å². The zero-order valence-electron chi connectivity index (χ0n) is 17.7. The van der Waals surface area contributed by atoms with E-state index in [4.69, 9.17) is 10.5 Å². The second kappa shape index (κ2) is 8.93. The summed E-state index contributed by atoms with van der Waals surface area (Å²) in [6, 6.07) is 13.6. The summed E-state index contributed by atoms with van der Waals surface area (Å²) in [5.74, 6) is -7.43. The number of amides is 1. The van der Waals surface area contributed by atoms with E-state index in [0.717, 1.165) is 12.7 Å². The summed E-state index contributed by atoms with van der Waals surface area (Å²) in [6.45, 7) is 5.72. The monoisotopic (exact) mass is 524 g/mol. The first-order chi connectivity index (χ1) is 15.4. The van der Waals surface area contributed by atoms with Crippen molar-refractivity contribution in [3.05, 3.63) is 71.9 Å². The Hall–Kier alpha value is -3.27. The van der Waals surface area contributed by atoms with E-state index in [1.165, 1.54) is 12.1 Å². The number of fused-ring (bicyclic) bond motifs is 1. The smallest absolute Gasteiger partial charge is 0.419 e. The molecule has 0 saturated carbocycles. The molecule has 0 fully saturated rings. The summed E-state index contributed by atoms with van der Waals surface area (Å²) in [5, 5.41) is 0.0948. The van der Waals surface area contributed by atoms with Crippen LogP contribution in [0.15, 0.2) is 55.1 Å². The number of ether oxygens (including phenoxy) is 2. The number of aromatic nitrogens is 1. The predicted molar refractivity (Wildman–Crippen MR) is 121 cm³/mol. The summed E-state index contributed by atoms with van der Waals surface area (Å²) in [5.41, 5.74) is 7.35. The summed E-state index contributed by atoms with van der Waals surface area (Å²) < 4.78 is 54.3. The van der Waals surface area contributed by atoms with Gasteiger partial charge in [-0.3, -0.25) is 4.79 Å². The van der Waals surface area contributed by atoms with Gasteiger partial charge in [-0.1, -0.05) is 43.0 Å². The van der Waals surface area contributed by atoms with Crippen molar-refractivity contribution < 1.29 is 32.2 Å². The lowest BCUT2D eigenvalue weighted by Crippen LogP contribution is -2.52. The highest BCUT2D eigenvalue weighted by molar-refractivity contribution is 9.10. The number of hydrogen-bond acceptors (Lipinski definition) is 4. The third-order valence-corrected chi connectivity index (χ3v) is 5.67. The van der Waals surface area contributed by atoms with Crippen LogP contribution in [0, 0.1) is 6.92 Å². The number of esters is 1. The summed E-state index contributed by atoms with van der Waals surface area (Å²) in [7, 11) is 0.750. The van der Waals surface area contributed by atoms with E-state index in [2.05, 4.69) is 11.3 Å². The second-order valence-electron chi connectivity index (χ2n) is 7.21. The third-order valence-electron chi connectivity index (χ3n) is 5.16. The first kappa shape index (κ1) is 24.4. The van der Waals surface area contributed by atoms with Crippen LogP contribution in [0.3, 0.4) is 0 Å². The maximum atomic E-state index is 15.2. The van der Waals surface area contributed by atoms with Gasteiger partial charge >= 0.3 is 16.7 Å². The van der Waals surface area contributed by atoms with E-state index >= 15 is 4.39 Å². The van der Waals surface area contributed by atoms with Gasteiger partial charge in [-0.05, 0) is 40.5 Å². The molecule has 0 aliphatic rings. The van der Waals surface area contributed by atoms with Gasteiger partial charge in [0.2, 0.25) is 5.91 Å². The number of primary amides is 1. The Morgan fingerprint density at radius 2 is 1.76 bits per heavy atom. The molecule has 3 rings (SSSR count). The van der Waals surface area contributed by atoms with Gasteiger partial charge < -0.3 is 19.8 Å². The topological polar surface area (TPSA) is 83.5 Å². The van der Waals surface area contributed by atoms with Crippen molar-refractivity contribution in [2.24, 2.45) is 5.73 Å². The van der Waals surface area contributed by atoms with Crippen molar-refractivity contribution in [1.29, 1.82) is 0 Å². The number of rotatable bonds is 8. The van der Waals surface area contributed by atoms with Gasteiger partial charge in [0.05, 0.1) is 18.0 Å². The van der Waals surface area contributed by atoms with E-state index in [-0.39, 0.29) is 16.5 Å². The zero-order valence-corrected chi connectivity index (χ0v) is 19.3. The fraction of sp³-hybridized carbons (Fsp3) is 0.217. The molecule has 1 aromatic heterocycles. The number of nitrogens with two attached hydrogens (primary N) is 1. The van der Waals surface area contributed by atoms with Crippen LogP contribution >= 0.6 is 15.9 Å². The van der Waals surface area contributed by atoms with Crippen molar-refractivity contribution in [3.63, 3.8) is 0 Å². The number of halogens is 4. The number of benzene rings is 2. The molecular formula is C23H20BrF3N2O4. The Balaban J connectivity index is 2.30. The lowest BCUT2D eigenvalue weighted by Gasteiger charge is -2.27. The minimum atomic E-state index is -4.43. The van der Waals surface area contributed by atoms with Crippen LogP contribution in [0.2, 0.25) is 0 Å². The van der Waals surface area contributed by atoms with E-state index in [1.54, 1.807) is 17.6 Å². The van der Waals surface area contributed by atoms with Gasteiger partial charge in [-0.15, -0.1) is 0 Å². The van der Waals surface area contributed by atoms with Crippen LogP contribution in [0.1, 0.15) is 16.8 Å². The highest BCUT2D eigenvalue weighted by Gasteiger charge is 2.63. The Labute approximate surface area is 195 Å². The second-order valence-corrected chi connectivity index (χ2v) is 8.21. The van der Waals surface area contributed by atoms with Gasteiger partial charge in [0.15, 0.2) is 0 Å². The summed E-state index contributed by atoms with van der Waals surface area (Å²) in [4.78, 5) is 19.5. The highest BCUT2D eigenvalue weighted by atomic mass is 79.9. The number of carbonyl (C=O) groups is 2. The van der Waals surface area contributed by atoms with E-state index < -0.39 is 28.3 Å². The fourth-order valence-corrected chi connectivity index (χ4v) is 3.78. The largest absolute Gasteiger partial charge is 0.464 e. The van der Waals surface area contributed by atoms with Gasteiger partial charge in [0.25, 0.3) is 0 Å². The molecule has 1 atom stereocenters. The van der Waals surface area contributed by atoms with Crippen LogP contribution in [0.4, 0.5) is 13.2 Å². The Morgan fingerprint density at radius 1 is 1.12 bits per heavy atom. The Kier molecular flexibility index (Phi) is 6.60. The van der Waals surface area contributed by atoms with Crippen LogP contribution in [-0.4, -0.2) is 34.2 Å². The van der Waals surface area contributed by atoms with E-state index in [1.807, 2.05) is 46.3 Å². The molecule has 0 saturated heterocycles. The van der Waals surface area contributed by atoms with Crippen LogP contribution in [-0.2, 0) is 20.9 Å². The lowest BCUT2D eigenvalue weighted by molar-refractivity contribution is -0.213. The molecule has 3 aromatic rings. The molecule has 2 aromatic carbocycles. The Morgan fingerprint density at radius 3 is 2.30 bits per heavy atom. The molecule has 0 bridgehead atoms. The molecule has 33 heavy (non-hydrogen) atoms. The number of hydrogen-bond donors (Lipinski definition) is 1. The average Bonchev–Trinajstić information content (AvgIpc) is 3.04. The minimum Gasteiger partial charge on any atom is -0.464 e. The quantitative estimate of drug-likeness (QED) is 0.263. The predicted octanol–water partition coefficient (Wildman–Crippen LogP) is 4.70. The summed E-state index contributed by atoms with van der Waals surface area (Å²) >= 11 is 1.87. The first-order valence-electron chi connectivity index (χ1n) is 9.60. The third kappa shape index (κ3) is 4.35. The molecule has 0 spiro atoms. The molecule has 1 amide bonds. The molecular weight excluding hydrogens is 505 g/mol. The molecule has 0 aliphatic carbocycles. The normalized spacial score (nSPS) is 13.4. The van der Waals surface area contributed by atoms with Crippen molar-refractivity contribution in [2.75, 3.05) is 7.11 Å². The van der Waals surface area contributed by atoms with Gasteiger partial charge in [-0.25, -0.2) is 4.79 Å². The van der Waals surface area contributed by atoms with Gasteiger partial charge in [-0.2, -0.15) is 13.2 Å². The summed E-state index contributed by atoms with van der Waals surface area (Å²) in [6.07, 6.45) is 0. The van der Waals surface area contributed by atoms with Crippen LogP contribution < -0.4 is 10.5 Å². The molecule has 0 aliphatic heterocycles. The SMILES string of the molecule is C=C(C(N)=O)c1c(C)n(Cc2ccccc2)c2cccc(OC(F)(C(=O)OC)C(F)(F)Br)c12. The van der Waals surface area contributed by atoms with Gasteiger partial charge in [0, 0.05) is 23.4 Å². The van der Waals surface area contributed by atoms with Crippen molar-refractivity contribution in [3.8, 4) is 5.75 Å². The molecule has 1 heterocycles. The number of carbonyl (C=O) groups excluding carboxylic acids is 2. The maximum absolute atomic E-state index is 15.2. The van der Waals surface area contributed by atoms with E-state index in [9.17, 15) is 18.4 Å². The first-order valence-corrected chi connectivity index (χ1v) is 10.4. The number of nitrogens with zero attached hydrogens (tertiary/aromatic N) is 1. The van der Waals surface area contributed by atoms with Crippen molar-refractivity contribution >= 4 is 44.3 Å². The van der Waals surface area contributed by atoms with Crippen LogP contribution in [0.25, 0.3) is 16.5 Å². The number of methoxy groups -OCH3 is 1. The fourth-order valence-electron chi connectivity index (χ4n) is 3.54. The molecule has 174 valence electrons. The molecule has 2 N–H and O–H groups in total. The molecule has 1 unspecified atom stereocenters. The zero-order chi connectivity index (χ0) is 24.6. The minimum absolute atomic E-state index is 0.0948. The van der Waals surface area contributed by atoms with Crippen LogP contribution in [0.5, 0.6) is 5.75 Å². The highest BCUT2D eigenvalue weighted by Crippen LogP contribution is 2.44. The van der Waals surface area contributed by atoms with Gasteiger partial charge in [0.1, 0.15) is 5.75 Å². The lowest BCUT2D eigenvalue weighted by atomic mass is 10.0. The molecule has 6 nitrogen and oxygen atoms in total. The average molecular weight is 525 g/mol. The van der Waals surface area contributed by atoms with E-state index in [0.29, 0.717) is 17.8 Å². The maximum Gasteiger partial charge on any atom is 0.419 e. The Bertz CT molecular complexity index is 1240.